The molecule has 1 nitrogen and oxygen atoms in total. The van der Waals surface area contributed by atoms with E-state index in [0.717, 1.165) is 17.6 Å². The Bertz CT molecular complexity index is 312. The van der Waals surface area contributed by atoms with Crippen molar-refractivity contribution in [3.8, 4) is 5.75 Å². The molecule has 0 radical (unpaired) electrons. The van der Waals surface area contributed by atoms with Crippen LogP contribution in [-0.2, 0) is 0 Å². The lowest BCUT2D eigenvalue weighted by Gasteiger charge is -2.27. The lowest BCUT2D eigenvalue weighted by molar-refractivity contribution is 0.353. The first kappa shape index (κ1) is 12.0. The van der Waals surface area contributed by atoms with Gasteiger partial charge in [0.15, 0.2) is 0 Å². The summed E-state index contributed by atoms with van der Waals surface area (Å²) in [7, 11) is 1.72. The molecule has 0 amide bonds. The number of ether oxygens (including phenoxy) is 1. The Kier molecular flexibility index (Phi) is 4.28. The van der Waals surface area contributed by atoms with Gasteiger partial charge in [-0.2, -0.15) is 0 Å². The van der Waals surface area contributed by atoms with Crippen molar-refractivity contribution in [1.29, 1.82) is 0 Å². The van der Waals surface area contributed by atoms with Gasteiger partial charge in [-0.15, -0.1) is 0 Å². The van der Waals surface area contributed by atoms with Crippen molar-refractivity contribution < 1.29 is 4.74 Å². The van der Waals surface area contributed by atoms with Gasteiger partial charge in [-0.25, -0.2) is 0 Å². The molecule has 0 N–H and O–H groups in total. The maximum absolute atomic E-state index is 5.18. The predicted molar refractivity (Wildman–Crippen MR) is 71.5 cm³/mol. The fourth-order valence-corrected chi connectivity index (χ4v) is 3.17. The third-order valence-electron chi connectivity index (χ3n) is 3.65. The maximum Gasteiger partial charge on any atom is 0.118 e. The van der Waals surface area contributed by atoms with Gasteiger partial charge in [-0.3, -0.25) is 0 Å². The van der Waals surface area contributed by atoms with Gasteiger partial charge in [-0.1, -0.05) is 28.1 Å². The zero-order chi connectivity index (χ0) is 11.4. The van der Waals surface area contributed by atoms with Crippen LogP contribution in [0.4, 0.5) is 0 Å². The molecule has 1 aliphatic rings. The molecule has 0 spiro atoms. The van der Waals surface area contributed by atoms with Crippen LogP contribution in [0.25, 0.3) is 0 Å². The van der Waals surface area contributed by atoms with Crippen LogP contribution in [-0.4, -0.2) is 12.4 Å². The van der Waals surface area contributed by atoms with E-state index in [-0.39, 0.29) is 0 Å². The summed E-state index contributed by atoms with van der Waals surface area (Å²) in [4.78, 5) is 0. The fraction of sp³-hybridized carbons (Fsp3) is 0.571. The number of rotatable bonds is 3. The highest BCUT2D eigenvalue weighted by atomic mass is 79.9. The first-order chi connectivity index (χ1) is 7.83. The summed E-state index contributed by atoms with van der Waals surface area (Å²) in [6.07, 6.45) is 5.40. The average molecular weight is 283 g/mol. The second-order valence-corrected chi connectivity index (χ2v) is 5.29. The summed E-state index contributed by atoms with van der Waals surface area (Å²) < 4.78 is 5.18. The van der Waals surface area contributed by atoms with E-state index >= 15 is 0 Å². The summed E-state index contributed by atoms with van der Waals surface area (Å²) in [6.45, 7) is 0. The molecule has 1 fully saturated rings. The van der Waals surface area contributed by atoms with Gasteiger partial charge >= 0.3 is 0 Å². The largest absolute Gasteiger partial charge is 0.497 e. The predicted octanol–water partition coefficient (Wildman–Crippen LogP) is 4.36. The number of alkyl halides is 1. The van der Waals surface area contributed by atoms with Crippen molar-refractivity contribution in [2.75, 3.05) is 12.4 Å². The van der Waals surface area contributed by atoms with Crippen LogP contribution < -0.4 is 4.74 Å². The van der Waals surface area contributed by atoms with Gasteiger partial charge in [0.2, 0.25) is 0 Å². The van der Waals surface area contributed by atoms with Crippen LogP contribution in [0, 0.1) is 5.92 Å². The molecule has 0 heterocycles. The van der Waals surface area contributed by atoms with E-state index in [0.29, 0.717) is 0 Å². The topological polar surface area (TPSA) is 9.23 Å². The average Bonchev–Trinajstić information content (AvgIpc) is 2.39. The standard InChI is InChI=1S/C14H19BrO/c1-16-14-8-6-13(7-9-14)12-4-2-11(10-15)3-5-12/h6-9,11-12H,2-5,10H2,1H3/t11-,12-. The molecular formula is C14H19BrO. The Labute approximate surface area is 106 Å². The summed E-state index contributed by atoms with van der Waals surface area (Å²) in [5, 5.41) is 1.17. The van der Waals surface area contributed by atoms with Crippen LogP contribution in [0.1, 0.15) is 37.2 Å². The monoisotopic (exact) mass is 282 g/mol. The maximum atomic E-state index is 5.18. The molecule has 0 aliphatic heterocycles. The van der Waals surface area contributed by atoms with Crippen molar-refractivity contribution in [1.82, 2.24) is 0 Å². The molecule has 0 atom stereocenters. The van der Waals surface area contributed by atoms with Crippen LogP contribution >= 0.6 is 15.9 Å². The molecule has 1 aliphatic carbocycles. The zero-order valence-corrected chi connectivity index (χ0v) is 11.4. The van der Waals surface area contributed by atoms with Gasteiger partial charge in [0.1, 0.15) is 5.75 Å². The highest BCUT2D eigenvalue weighted by Crippen LogP contribution is 2.36. The van der Waals surface area contributed by atoms with Crippen molar-refractivity contribution >= 4 is 15.9 Å². The van der Waals surface area contributed by atoms with Crippen molar-refractivity contribution in [3.05, 3.63) is 29.8 Å². The molecule has 1 aromatic rings. The van der Waals surface area contributed by atoms with Gasteiger partial charge in [-0.05, 0) is 55.2 Å². The fourth-order valence-electron chi connectivity index (χ4n) is 2.53. The van der Waals surface area contributed by atoms with Gasteiger partial charge in [0, 0.05) is 5.33 Å². The summed E-state index contributed by atoms with van der Waals surface area (Å²) >= 11 is 3.59. The molecule has 0 saturated heterocycles. The van der Waals surface area contributed by atoms with E-state index < -0.39 is 0 Å². The SMILES string of the molecule is COc1ccc([C@H]2CC[C@H](CBr)CC2)cc1. The van der Waals surface area contributed by atoms with Crippen LogP contribution in [0.15, 0.2) is 24.3 Å². The Morgan fingerprint density at radius 1 is 1.12 bits per heavy atom. The van der Waals surface area contributed by atoms with Crippen molar-refractivity contribution in [2.24, 2.45) is 5.92 Å². The minimum Gasteiger partial charge on any atom is -0.497 e. The van der Waals surface area contributed by atoms with Gasteiger partial charge < -0.3 is 4.74 Å². The molecule has 88 valence electrons. The molecule has 0 aromatic heterocycles. The zero-order valence-electron chi connectivity index (χ0n) is 9.79. The summed E-state index contributed by atoms with van der Waals surface area (Å²) in [6, 6.07) is 8.59. The molecule has 16 heavy (non-hydrogen) atoms. The number of benzene rings is 1. The van der Waals surface area contributed by atoms with Crippen LogP contribution in [0.3, 0.4) is 0 Å². The van der Waals surface area contributed by atoms with E-state index in [2.05, 4.69) is 40.2 Å². The summed E-state index contributed by atoms with van der Waals surface area (Å²) in [5.41, 5.74) is 1.48. The highest BCUT2D eigenvalue weighted by Gasteiger charge is 2.21. The second kappa shape index (κ2) is 5.72. The molecule has 0 unspecified atom stereocenters. The number of methoxy groups -OCH3 is 1. The van der Waals surface area contributed by atoms with Crippen molar-refractivity contribution in [3.63, 3.8) is 0 Å². The first-order valence-corrected chi connectivity index (χ1v) is 7.15. The Morgan fingerprint density at radius 2 is 1.75 bits per heavy atom. The van der Waals surface area contributed by atoms with Crippen LogP contribution in [0.5, 0.6) is 5.75 Å². The Morgan fingerprint density at radius 3 is 2.25 bits per heavy atom. The van der Waals surface area contributed by atoms with Gasteiger partial charge in [0.25, 0.3) is 0 Å². The Balaban J connectivity index is 1.97. The minimum absolute atomic E-state index is 0.765. The Hall–Kier alpha value is -0.500. The van der Waals surface area contributed by atoms with Crippen molar-refractivity contribution in [2.45, 2.75) is 31.6 Å². The molecule has 1 saturated carbocycles. The molecule has 1 aromatic carbocycles. The molecular weight excluding hydrogens is 264 g/mol. The number of halogens is 1. The lowest BCUT2D eigenvalue weighted by Crippen LogP contribution is -2.14. The minimum atomic E-state index is 0.765. The van der Waals surface area contributed by atoms with Gasteiger partial charge in [0.05, 0.1) is 7.11 Å². The van der Waals surface area contributed by atoms with E-state index in [9.17, 15) is 0 Å². The normalized spacial score (nSPS) is 25.4. The van der Waals surface area contributed by atoms with E-state index in [4.69, 9.17) is 4.74 Å². The first-order valence-electron chi connectivity index (χ1n) is 6.03. The molecule has 2 rings (SSSR count). The molecule has 2 heteroatoms. The van der Waals surface area contributed by atoms with E-state index in [1.807, 2.05) is 0 Å². The third kappa shape index (κ3) is 2.79. The number of hydrogen-bond acceptors (Lipinski definition) is 1. The number of hydrogen-bond donors (Lipinski definition) is 0. The highest BCUT2D eigenvalue weighted by molar-refractivity contribution is 9.09. The quantitative estimate of drug-likeness (QED) is 0.749. The second-order valence-electron chi connectivity index (χ2n) is 4.65. The van der Waals surface area contributed by atoms with E-state index in [1.165, 1.54) is 36.6 Å². The third-order valence-corrected chi connectivity index (χ3v) is 4.57. The van der Waals surface area contributed by atoms with Crippen LogP contribution in [0.2, 0.25) is 0 Å². The lowest BCUT2D eigenvalue weighted by atomic mass is 9.79. The molecule has 0 bridgehead atoms. The summed E-state index contributed by atoms with van der Waals surface area (Å²) in [5.74, 6) is 2.62. The van der Waals surface area contributed by atoms with E-state index in [1.54, 1.807) is 7.11 Å². The smallest absolute Gasteiger partial charge is 0.118 e.